The molecular formula is C24H24N6O3. The highest BCUT2D eigenvalue weighted by Gasteiger charge is 2.29. The molecule has 1 aromatic carbocycles. The summed E-state index contributed by atoms with van der Waals surface area (Å²) in [5.41, 5.74) is 5.96. The minimum absolute atomic E-state index is 0.0795. The molecule has 0 bridgehead atoms. The van der Waals surface area contributed by atoms with Gasteiger partial charge in [-0.25, -0.2) is 9.97 Å². The van der Waals surface area contributed by atoms with E-state index in [0.29, 0.717) is 30.6 Å². The van der Waals surface area contributed by atoms with E-state index >= 15 is 0 Å². The van der Waals surface area contributed by atoms with E-state index in [9.17, 15) is 0 Å². The van der Waals surface area contributed by atoms with Gasteiger partial charge in [0.1, 0.15) is 18.0 Å². The van der Waals surface area contributed by atoms with Crippen LogP contribution in [0.2, 0.25) is 0 Å². The largest absolute Gasteiger partial charge is 0.479 e. The summed E-state index contributed by atoms with van der Waals surface area (Å²) in [7, 11) is 1.61. The van der Waals surface area contributed by atoms with Crippen LogP contribution in [0.4, 0.5) is 0 Å². The second-order valence-electron chi connectivity index (χ2n) is 8.16. The van der Waals surface area contributed by atoms with Gasteiger partial charge in [-0.15, -0.1) is 0 Å². The minimum atomic E-state index is -0.0795. The second-order valence-corrected chi connectivity index (χ2v) is 8.16. The summed E-state index contributed by atoms with van der Waals surface area (Å²) in [6.07, 6.45) is 3.67. The summed E-state index contributed by atoms with van der Waals surface area (Å²) in [6, 6.07) is 12.2. The van der Waals surface area contributed by atoms with E-state index in [0.717, 1.165) is 24.5 Å². The first kappa shape index (κ1) is 19.8. The van der Waals surface area contributed by atoms with Gasteiger partial charge < -0.3 is 28.8 Å². The molecule has 5 heterocycles. The Bertz CT molecular complexity index is 1370. The Labute approximate surface area is 190 Å². The lowest BCUT2D eigenvalue weighted by atomic mass is 10.0. The lowest BCUT2D eigenvalue weighted by Gasteiger charge is -2.26. The molecule has 2 aliphatic rings. The topological polar surface area (TPSA) is 87.7 Å². The first-order chi connectivity index (χ1) is 16.2. The van der Waals surface area contributed by atoms with E-state index in [1.807, 2.05) is 29.8 Å². The van der Waals surface area contributed by atoms with E-state index in [4.69, 9.17) is 19.3 Å². The first-order valence-corrected chi connectivity index (χ1v) is 10.9. The summed E-state index contributed by atoms with van der Waals surface area (Å²) < 4.78 is 15.6. The van der Waals surface area contributed by atoms with Crippen LogP contribution in [-0.4, -0.2) is 45.3 Å². The molecule has 0 fully saturated rings. The Morgan fingerprint density at radius 3 is 2.94 bits per heavy atom. The number of benzene rings is 1. The molecule has 168 valence electrons. The Balaban J connectivity index is 1.36. The number of pyridine rings is 1. The average Bonchev–Trinajstić information content (AvgIpc) is 3.45. The number of para-hydroxylation sites is 1. The van der Waals surface area contributed by atoms with E-state index in [1.54, 1.807) is 13.4 Å². The third-order valence-electron chi connectivity index (χ3n) is 6.14. The Kier molecular flexibility index (Phi) is 4.76. The van der Waals surface area contributed by atoms with Crippen molar-refractivity contribution in [1.29, 1.82) is 0 Å². The molecule has 0 radical (unpaired) electrons. The standard InChI is InChI=1S/C24H24N6O3/c1-15-11-29(14-25-15)20-8-7-17(27-24(20)31-2)23-26-18(12-33-28-23)22-16-5-3-4-6-19(16)30-9-10-32-13-21(22)30/h3-8,11,14,18H,9-10,12-13H2,1-2H3,(H,26,28). The first-order valence-electron chi connectivity index (χ1n) is 10.9. The van der Waals surface area contributed by atoms with Crippen molar-refractivity contribution in [2.24, 2.45) is 5.16 Å². The summed E-state index contributed by atoms with van der Waals surface area (Å²) in [5.74, 6) is 1.05. The number of fused-ring (bicyclic) bond motifs is 3. The van der Waals surface area contributed by atoms with Gasteiger partial charge in [0.05, 0.1) is 44.1 Å². The molecule has 3 aromatic heterocycles. The highest BCUT2D eigenvalue weighted by Crippen LogP contribution is 2.34. The molecule has 0 spiro atoms. The van der Waals surface area contributed by atoms with Crippen LogP contribution < -0.4 is 10.1 Å². The number of nitrogens with zero attached hydrogens (tertiary/aromatic N) is 5. The molecule has 1 N–H and O–H groups in total. The van der Waals surface area contributed by atoms with Gasteiger partial charge in [-0.05, 0) is 25.1 Å². The number of methoxy groups -OCH3 is 1. The summed E-state index contributed by atoms with van der Waals surface area (Å²) in [5, 5.41) is 9.02. The fourth-order valence-electron chi connectivity index (χ4n) is 4.66. The van der Waals surface area contributed by atoms with Gasteiger partial charge in [0, 0.05) is 29.2 Å². The van der Waals surface area contributed by atoms with Gasteiger partial charge in [-0.3, -0.25) is 0 Å². The normalized spacial score (nSPS) is 17.8. The van der Waals surface area contributed by atoms with Crippen molar-refractivity contribution in [2.75, 3.05) is 20.3 Å². The third-order valence-corrected chi connectivity index (χ3v) is 6.14. The predicted octanol–water partition coefficient (Wildman–Crippen LogP) is 3.09. The van der Waals surface area contributed by atoms with Crippen LogP contribution in [0.5, 0.6) is 5.88 Å². The molecule has 1 atom stereocenters. The van der Waals surface area contributed by atoms with E-state index in [2.05, 4.69) is 44.3 Å². The molecule has 6 rings (SSSR count). The van der Waals surface area contributed by atoms with Crippen LogP contribution in [0, 0.1) is 6.92 Å². The van der Waals surface area contributed by atoms with E-state index in [-0.39, 0.29) is 6.04 Å². The Morgan fingerprint density at radius 1 is 1.18 bits per heavy atom. The molecule has 9 nitrogen and oxygen atoms in total. The van der Waals surface area contributed by atoms with Crippen LogP contribution in [0.15, 0.2) is 54.1 Å². The van der Waals surface area contributed by atoms with Gasteiger partial charge in [0.25, 0.3) is 0 Å². The van der Waals surface area contributed by atoms with E-state index in [1.165, 1.54) is 22.2 Å². The van der Waals surface area contributed by atoms with Crippen LogP contribution in [-0.2, 0) is 22.7 Å². The number of hydrogen-bond donors (Lipinski definition) is 1. The number of amidine groups is 1. The zero-order valence-electron chi connectivity index (χ0n) is 18.5. The lowest BCUT2D eigenvalue weighted by Crippen LogP contribution is -2.37. The van der Waals surface area contributed by atoms with Gasteiger partial charge in [-0.1, -0.05) is 23.4 Å². The highest BCUT2D eigenvalue weighted by atomic mass is 16.6. The SMILES string of the molecule is COc1nc(C2=NOCC(c3c4n(c5ccccc35)CCOC4)N2)ccc1-n1cnc(C)c1. The number of oxime groups is 1. The zero-order valence-corrected chi connectivity index (χ0v) is 18.5. The number of imidazole rings is 1. The Morgan fingerprint density at radius 2 is 2.09 bits per heavy atom. The molecule has 0 saturated heterocycles. The van der Waals surface area contributed by atoms with Crippen molar-refractivity contribution in [3.05, 3.63) is 71.6 Å². The number of aromatic nitrogens is 4. The monoisotopic (exact) mass is 444 g/mol. The maximum absolute atomic E-state index is 5.80. The van der Waals surface area contributed by atoms with Crippen LogP contribution >= 0.6 is 0 Å². The van der Waals surface area contributed by atoms with Crippen LogP contribution in [0.25, 0.3) is 16.6 Å². The Hall–Kier alpha value is -3.85. The fraction of sp³-hybridized carbons (Fsp3) is 0.292. The summed E-state index contributed by atoms with van der Waals surface area (Å²) in [6.45, 7) is 4.52. The second kappa shape index (κ2) is 7.93. The molecule has 33 heavy (non-hydrogen) atoms. The van der Waals surface area contributed by atoms with Crippen molar-refractivity contribution < 1.29 is 14.3 Å². The quantitative estimate of drug-likeness (QED) is 0.521. The highest BCUT2D eigenvalue weighted by molar-refractivity contribution is 5.98. The molecule has 9 heteroatoms. The minimum Gasteiger partial charge on any atom is -0.479 e. The van der Waals surface area contributed by atoms with Crippen molar-refractivity contribution in [2.45, 2.75) is 26.1 Å². The molecule has 0 saturated carbocycles. The molecule has 1 unspecified atom stereocenters. The number of hydrogen-bond acceptors (Lipinski definition) is 7. The smallest absolute Gasteiger partial charge is 0.238 e. The number of nitrogens with one attached hydrogen (secondary N) is 1. The summed E-state index contributed by atoms with van der Waals surface area (Å²) in [4.78, 5) is 14.7. The van der Waals surface area contributed by atoms with Crippen LogP contribution in [0.3, 0.4) is 0 Å². The van der Waals surface area contributed by atoms with Gasteiger partial charge in [0.2, 0.25) is 5.88 Å². The third kappa shape index (κ3) is 3.32. The lowest BCUT2D eigenvalue weighted by molar-refractivity contribution is 0.0818. The van der Waals surface area contributed by atoms with Gasteiger partial charge in [0.15, 0.2) is 5.84 Å². The molecule has 0 aliphatic carbocycles. The fourth-order valence-corrected chi connectivity index (χ4v) is 4.66. The molecule has 0 amide bonds. The van der Waals surface area contributed by atoms with Crippen LogP contribution in [0.1, 0.15) is 28.7 Å². The van der Waals surface area contributed by atoms with Crippen molar-refractivity contribution >= 4 is 16.7 Å². The van der Waals surface area contributed by atoms with Gasteiger partial charge >= 0.3 is 0 Å². The number of rotatable bonds is 4. The molecule has 4 aromatic rings. The number of aryl methyl sites for hydroxylation is 1. The molecular weight excluding hydrogens is 420 g/mol. The van der Waals surface area contributed by atoms with Gasteiger partial charge in [-0.2, -0.15) is 0 Å². The molecule has 2 aliphatic heterocycles. The van der Waals surface area contributed by atoms with E-state index < -0.39 is 0 Å². The van der Waals surface area contributed by atoms with Crippen molar-refractivity contribution in [3.8, 4) is 11.6 Å². The van der Waals surface area contributed by atoms with Crippen molar-refractivity contribution in [1.82, 2.24) is 24.4 Å². The maximum Gasteiger partial charge on any atom is 0.238 e. The summed E-state index contributed by atoms with van der Waals surface area (Å²) >= 11 is 0. The average molecular weight is 444 g/mol. The zero-order chi connectivity index (χ0) is 22.4. The van der Waals surface area contributed by atoms with Crippen molar-refractivity contribution in [3.63, 3.8) is 0 Å². The maximum atomic E-state index is 5.80. The predicted molar refractivity (Wildman–Crippen MR) is 123 cm³/mol. The number of ether oxygens (including phenoxy) is 2.